The molecule has 0 bridgehead atoms. The van der Waals surface area contributed by atoms with Crippen LogP contribution in [-0.2, 0) is 0 Å². The van der Waals surface area contributed by atoms with E-state index in [4.69, 9.17) is 0 Å². The standard InChI is InChI=1S/C15H22BrNO/c1-10-6-7-17(9-11(10)2)12(3)14-8-13(16)4-5-15(14)18/h4-5,8,10-12,18H,6-7,9H2,1-3H3. The molecule has 1 N–H and O–H groups in total. The van der Waals surface area contributed by atoms with Crippen LogP contribution in [0.4, 0.5) is 0 Å². The number of rotatable bonds is 2. The minimum absolute atomic E-state index is 0.275. The maximum atomic E-state index is 10.0. The maximum Gasteiger partial charge on any atom is 0.120 e. The van der Waals surface area contributed by atoms with Crippen LogP contribution < -0.4 is 0 Å². The van der Waals surface area contributed by atoms with E-state index in [1.807, 2.05) is 12.1 Å². The predicted octanol–water partition coefficient (Wildman–Crippen LogP) is 4.19. The van der Waals surface area contributed by atoms with Crippen LogP contribution in [0.3, 0.4) is 0 Å². The molecule has 1 heterocycles. The number of benzene rings is 1. The van der Waals surface area contributed by atoms with E-state index in [1.165, 1.54) is 6.42 Å². The maximum absolute atomic E-state index is 10.0. The molecule has 1 saturated heterocycles. The van der Waals surface area contributed by atoms with Crippen LogP contribution in [0.1, 0.15) is 38.8 Å². The van der Waals surface area contributed by atoms with Gasteiger partial charge in [-0.3, -0.25) is 4.90 Å². The molecule has 100 valence electrons. The Morgan fingerprint density at radius 3 is 2.72 bits per heavy atom. The highest BCUT2D eigenvalue weighted by Gasteiger charge is 2.27. The van der Waals surface area contributed by atoms with Crippen molar-refractivity contribution in [2.75, 3.05) is 13.1 Å². The second-order valence-corrected chi connectivity index (χ2v) is 6.53. The Kier molecular flexibility index (Phi) is 4.33. The van der Waals surface area contributed by atoms with Gasteiger partial charge in [-0.2, -0.15) is 0 Å². The van der Waals surface area contributed by atoms with Gasteiger partial charge < -0.3 is 5.11 Å². The quantitative estimate of drug-likeness (QED) is 0.885. The summed E-state index contributed by atoms with van der Waals surface area (Å²) in [5.41, 5.74) is 1.02. The highest BCUT2D eigenvalue weighted by atomic mass is 79.9. The Balaban J connectivity index is 2.16. The number of hydrogen-bond donors (Lipinski definition) is 1. The molecule has 3 unspecified atom stereocenters. The summed E-state index contributed by atoms with van der Waals surface area (Å²) < 4.78 is 1.03. The number of halogens is 1. The van der Waals surface area contributed by atoms with Crippen LogP contribution in [-0.4, -0.2) is 23.1 Å². The first kappa shape index (κ1) is 13.9. The van der Waals surface area contributed by atoms with Gasteiger partial charge in [-0.05, 0) is 49.9 Å². The number of piperidine rings is 1. The van der Waals surface area contributed by atoms with Gasteiger partial charge in [0.25, 0.3) is 0 Å². The van der Waals surface area contributed by atoms with Crippen molar-refractivity contribution in [1.29, 1.82) is 0 Å². The first-order chi connectivity index (χ1) is 8.49. The molecule has 3 heteroatoms. The number of phenolic OH excluding ortho intramolecular Hbond substituents is 1. The van der Waals surface area contributed by atoms with E-state index in [0.29, 0.717) is 5.75 Å². The van der Waals surface area contributed by atoms with Crippen LogP contribution in [0.25, 0.3) is 0 Å². The van der Waals surface area contributed by atoms with E-state index in [0.717, 1.165) is 35.0 Å². The number of aromatic hydroxyl groups is 1. The van der Waals surface area contributed by atoms with Gasteiger partial charge in [0.2, 0.25) is 0 Å². The minimum Gasteiger partial charge on any atom is -0.508 e. The second-order valence-electron chi connectivity index (χ2n) is 5.62. The van der Waals surface area contributed by atoms with Crippen LogP contribution in [0.15, 0.2) is 22.7 Å². The predicted molar refractivity (Wildman–Crippen MR) is 78.7 cm³/mol. The average molecular weight is 312 g/mol. The molecule has 1 aliphatic heterocycles. The third-order valence-electron chi connectivity index (χ3n) is 4.35. The van der Waals surface area contributed by atoms with E-state index in [9.17, 15) is 5.11 Å². The molecular weight excluding hydrogens is 290 g/mol. The normalized spacial score (nSPS) is 27.1. The average Bonchev–Trinajstić information content (AvgIpc) is 2.35. The van der Waals surface area contributed by atoms with Gasteiger partial charge in [0, 0.05) is 22.6 Å². The Morgan fingerprint density at radius 1 is 1.33 bits per heavy atom. The molecular formula is C15H22BrNO. The zero-order valence-corrected chi connectivity index (χ0v) is 12.9. The molecule has 0 aromatic heterocycles. The summed E-state index contributed by atoms with van der Waals surface area (Å²) in [6, 6.07) is 5.96. The SMILES string of the molecule is CC1CCN(C(C)c2cc(Br)ccc2O)CC1C. The fourth-order valence-electron chi connectivity index (χ4n) is 2.70. The van der Waals surface area contributed by atoms with Crippen molar-refractivity contribution in [3.8, 4) is 5.75 Å². The molecule has 0 radical (unpaired) electrons. The van der Waals surface area contributed by atoms with E-state index in [2.05, 4.69) is 41.6 Å². The summed E-state index contributed by atoms with van der Waals surface area (Å²) in [7, 11) is 0. The van der Waals surface area contributed by atoms with E-state index in [-0.39, 0.29) is 6.04 Å². The van der Waals surface area contributed by atoms with Crippen LogP contribution in [0.2, 0.25) is 0 Å². The van der Waals surface area contributed by atoms with Crippen molar-refractivity contribution in [2.45, 2.75) is 33.2 Å². The van der Waals surface area contributed by atoms with Crippen LogP contribution >= 0.6 is 15.9 Å². The smallest absolute Gasteiger partial charge is 0.120 e. The molecule has 0 aliphatic carbocycles. The molecule has 0 amide bonds. The largest absolute Gasteiger partial charge is 0.508 e. The zero-order chi connectivity index (χ0) is 13.3. The Bertz CT molecular complexity index is 421. The van der Waals surface area contributed by atoms with E-state index >= 15 is 0 Å². The molecule has 1 aromatic rings. The van der Waals surface area contributed by atoms with Crippen LogP contribution in [0, 0.1) is 11.8 Å². The van der Waals surface area contributed by atoms with Crippen LogP contribution in [0.5, 0.6) is 5.75 Å². The van der Waals surface area contributed by atoms with E-state index in [1.54, 1.807) is 6.07 Å². The van der Waals surface area contributed by atoms with Crippen molar-refractivity contribution in [3.63, 3.8) is 0 Å². The third-order valence-corrected chi connectivity index (χ3v) is 4.85. The van der Waals surface area contributed by atoms with Crippen molar-refractivity contribution < 1.29 is 5.11 Å². The number of likely N-dealkylation sites (tertiary alicyclic amines) is 1. The monoisotopic (exact) mass is 311 g/mol. The summed E-state index contributed by atoms with van der Waals surface area (Å²) in [5.74, 6) is 1.94. The first-order valence-electron chi connectivity index (χ1n) is 6.71. The van der Waals surface area contributed by atoms with Gasteiger partial charge in [-0.1, -0.05) is 29.8 Å². The lowest BCUT2D eigenvalue weighted by Crippen LogP contribution is -2.39. The lowest BCUT2D eigenvalue weighted by atomic mass is 9.87. The Hall–Kier alpha value is -0.540. The van der Waals surface area contributed by atoms with Gasteiger partial charge in [0.1, 0.15) is 5.75 Å². The Labute approximate surface area is 118 Å². The summed E-state index contributed by atoms with van der Waals surface area (Å²) in [6.07, 6.45) is 1.25. The molecule has 18 heavy (non-hydrogen) atoms. The number of hydrogen-bond acceptors (Lipinski definition) is 2. The number of nitrogens with zero attached hydrogens (tertiary/aromatic N) is 1. The highest BCUT2D eigenvalue weighted by molar-refractivity contribution is 9.10. The molecule has 2 nitrogen and oxygen atoms in total. The van der Waals surface area contributed by atoms with Crippen molar-refractivity contribution >= 4 is 15.9 Å². The first-order valence-corrected chi connectivity index (χ1v) is 7.50. The molecule has 1 aromatic carbocycles. The fourth-order valence-corrected chi connectivity index (χ4v) is 3.08. The summed E-state index contributed by atoms with van der Waals surface area (Å²) in [5, 5.41) is 10.0. The summed E-state index contributed by atoms with van der Waals surface area (Å²) in [6.45, 7) is 9.09. The lowest BCUT2D eigenvalue weighted by molar-refractivity contribution is 0.102. The molecule has 2 rings (SSSR count). The van der Waals surface area contributed by atoms with Gasteiger partial charge in [-0.25, -0.2) is 0 Å². The lowest BCUT2D eigenvalue weighted by Gasteiger charge is -2.39. The Morgan fingerprint density at radius 2 is 2.06 bits per heavy atom. The van der Waals surface area contributed by atoms with Crippen molar-refractivity contribution in [3.05, 3.63) is 28.2 Å². The van der Waals surface area contributed by atoms with Gasteiger partial charge in [0.05, 0.1) is 0 Å². The summed E-state index contributed by atoms with van der Waals surface area (Å²) >= 11 is 3.48. The fraction of sp³-hybridized carbons (Fsp3) is 0.600. The van der Waals surface area contributed by atoms with Gasteiger partial charge >= 0.3 is 0 Å². The van der Waals surface area contributed by atoms with Gasteiger partial charge in [0.15, 0.2) is 0 Å². The third kappa shape index (κ3) is 2.89. The molecule has 1 aliphatic rings. The molecule has 0 saturated carbocycles. The second kappa shape index (κ2) is 5.62. The molecule has 3 atom stereocenters. The van der Waals surface area contributed by atoms with Gasteiger partial charge in [-0.15, -0.1) is 0 Å². The minimum atomic E-state index is 0.275. The van der Waals surface area contributed by atoms with Crippen molar-refractivity contribution in [1.82, 2.24) is 4.90 Å². The highest BCUT2D eigenvalue weighted by Crippen LogP contribution is 2.34. The molecule has 0 spiro atoms. The van der Waals surface area contributed by atoms with Crippen molar-refractivity contribution in [2.24, 2.45) is 11.8 Å². The van der Waals surface area contributed by atoms with E-state index < -0.39 is 0 Å². The topological polar surface area (TPSA) is 23.5 Å². The number of phenols is 1. The zero-order valence-electron chi connectivity index (χ0n) is 11.4. The molecule has 1 fully saturated rings. The summed E-state index contributed by atoms with van der Waals surface area (Å²) in [4.78, 5) is 2.48.